The smallest absolute Gasteiger partial charge is 0.304 e. The van der Waals surface area contributed by atoms with E-state index < -0.39 is 5.97 Å². The van der Waals surface area contributed by atoms with Crippen LogP contribution in [0.4, 0.5) is 5.69 Å². The monoisotopic (exact) mass is 312 g/mol. The Hall–Kier alpha value is -1.07. The standard InChI is InChI=1S/C13H17BrN2O2/c1-9-6-11(2-3-12(9)14)16-5-4-15-10(8-16)7-13(17)18/h2-3,6,10,15H,4-5,7-8H2,1H3,(H,17,18). The molecule has 2 rings (SSSR count). The maximum Gasteiger partial charge on any atom is 0.304 e. The third kappa shape index (κ3) is 3.23. The number of anilines is 1. The first kappa shape index (κ1) is 13.4. The van der Waals surface area contributed by atoms with Gasteiger partial charge in [-0.05, 0) is 30.7 Å². The lowest BCUT2D eigenvalue weighted by atomic mass is 10.1. The number of rotatable bonds is 3. The van der Waals surface area contributed by atoms with Crippen molar-refractivity contribution in [1.29, 1.82) is 0 Å². The molecule has 18 heavy (non-hydrogen) atoms. The second-order valence-electron chi connectivity index (χ2n) is 4.63. The third-order valence-electron chi connectivity index (χ3n) is 3.18. The fraction of sp³-hybridized carbons (Fsp3) is 0.462. The van der Waals surface area contributed by atoms with E-state index in [2.05, 4.69) is 45.2 Å². The maximum atomic E-state index is 10.7. The zero-order valence-electron chi connectivity index (χ0n) is 10.3. The van der Waals surface area contributed by atoms with Crippen molar-refractivity contribution in [3.8, 4) is 0 Å². The molecule has 0 radical (unpaired) electrons. The molecule has 1 aromatic rings. The molecule has 0 saturated carbocycles. The number of halogens is 1. The Kier molecular flexibility index (Phi) is 4.24. The molecule has 1 unspecified atom stereocenters. The molecule has 1 aliphatic rings. The molecule has 98 valence electrons. The van der Waals surface area contributed by atoms with E-state index in [1.807, 2.05) is 6.07 Å². The summed E-state index contributed by atoms with van der Waals surface area (Å²) < 4.78 is 1.10. The number of carbonyl (C=O) groups is 1. The van der Waals surface area contributed by atoms with Crippen LogP contribution in [0.1, 0.15) is 12.0 Å². The molecule has 1 fully saturated rings. The largest absolute Gasteiger partial charge is 0.481 e. The first-order valence-electron chi connectivity index (χ1n) is 6.02. The Morgan fingerprint density at radius 1 is 1.61 bits per heavy atom. The van der Waals surface area contributed by atoms with Crippen LogP contribution in [0.5, 0.6) is 0 Å². The van der Waals surface area contributed by atoms with Gasteiger partial charge in [0.2, 0.25) is 0 Å². The van der Waals surface area contributed by atoms with E-state index in [9.17, 15) is 4.79 Å². The fourth-order valence-electron chi connectivity index (χ4n) is 2.23. The van der Waals surface area contributed by atoms with Gasteiger partial charge in [0.15, 0.2) is 0 Å². The minimum absolute atomic E-state index is 0.0280. The van der Waals surface area contributed by atoms with Gasteiger partial charge in [0, 0.05) is 35.8 Å². The van der Waals surface area contributed by atoms with Crippen LogP contribution in [-0.2, 0) is 4.79 Å². The molecular formula is C13H17BrN2O2. The molecule has 1 aromatic carbocycles. The number of hydrogen-bond donors (Lipinski definition) is 2. The predicted octanol–water partition coefficient (Wildman–Crippen LogP) is 2.01. The number of nitrogens with zero attached hydrogens (tertiary/aromatic N) is 1. The van der Waals surface area contributed by atoms with Gasteiger partial charge >= 0.3 is 5.97 Å². The van der Waals surface area contributed by atoms with Crippen molar-refractivity contribution in [3.63, 3.8) is 0 Å². The van der Waals surface area contributed by atoms with Gasteiger partial charge < -0.3 is 15.3 Å². The molecule has 0 amide bonds. The number of carboxylic acids is 1. The molecule has 1 aliphatic heterocycles. The van der Waals surface area contributed by atoms with Crippen LogP contribution >= 0.6 is 15.9 Å². The molecule has 1 atom stereocenters. The van der Waals surface area contributed by atoms with E-state index in [-0.39, 0.29) is 12.5 Å². The summed E-state index contributed by atoms with van der Waals surface area (Å²) in [7, 11) is 0. The average molecular weight is 313 g/mol. The molecule has 0 spiro atoms. The van der Waals surface area contributed by atoms with Gasteiger partial charge in [0.25, 0.3) is 0 Å². The number of hydrogen-bond acceptors (Lipinski definition) is 3. The molecule has 5 heteroatoms. The molecule has 0 aliphatic carbocycles. The highest BCUT2D eigenvalue weighted by atomic mass is 79.9. The maximum absolute atomic E-state index is 10.7. The summed E-state index contributed by atoms with van der Waals surface area (Å²) in [5.74, 6) is -0.749. The number of aryl methyl sites for hydroxylation is 1. The third-order valence-corrected chi connectivity index (χ3v) is 4.07. The van der Waals surface area contributed by atoms with Crippen LogP contribution in [0, 0.1) is 6.92 Å². The Balaban J connectivity index is 2.08. The van der Waals surface area contributed by atoms with Crippen molar-refractivity contribution >= 4 is 27.6 Å². The van der Waals surface area contributed by atoms with Crippen molar-refractivity contribution in [3.05, 3.63) is 28.2 Å². The molecule has 1 saturated heterocycles. The molecule has 2 N–H and O–H groups in total. The van der Waals surface area contributed by atoms with Gasteiger partial charge in [-0.25, -0.2) is 0 Å². The van der Waals surface area contributed by atoms with Crippen LogP contribution < -0.4 is 10.2 Å². The van der Waals surface area contributed by atoms with Gasteiger partial charge in [-0.15, -0.1) is 0 Å². The molecule has 4 nitrogen and oxygen atoms in total. The quantitative estimate of drug-likeness (QED) is 0.896. The normalized spacial score (nSPS) is 19.9. The van der Waals surface area contributed by atoms with E-state index in [0.29, 0.717) is 0 Å². The second-order valence-corrected chi connectivity index (χ2v) is 5.48. The van der Waals surface area contributed by atoms with Crippen molar-refractivity contribution in [2.45, 2.75) is 19.4 Å². The first-order valence-corrected chi connectivity index (χ1v) is 6.82. The zero-order chi connectivity index (χ0) is 13.1. The van der Waals surface area contributed by atoms with Crippen molar-refractivity contribution in [1.82, 2.24) is 5.32 Å². The Labute approximate surface area is 115 Å². The first-order chi connectivity index (χ1) is 8.56. The van der Waals surface area contributed by atoms with Crippen LogP contribution in [0.15, 0.2) is 22.7 Å². The van der Waals surface area contributed by atoms with E-state index in [0.717, 1.165) is 29.8 Å². The lowest BCUT2D eigenvalue weighted by molar-refractivity contribution is -0.137. The lowest BCUT2D eigenvalue weighted by Crippen LogP contribution is -2.51. The number of aliphatic carboxylic acids is 1. The SMILES string of the molecule is Cc1cc(N2CCNC(CC(=O)O)C2)ccc1Br. The summed E-state index contributed by atoms with van der Waals surface area (Å²) in [5.41, 5.74) is 2.36. The van der Waals surface area contributed by atoms with E-state index in [1.54, 1.807) is 0 Å². The molecule has 0 aromatic heterocycles. The van der Waals surface area contributed by atoms with Crippen LogP contribution in [-0.4, -0.2) is 36.8 Å². The van der Waals surface area contributed by atoms with Gasteiger partial charge in [-0.1, -0.05) is 15.9 Å². The van der Waals surface area contributed by atoms with Crippen LogP contribution in [0.25, 0.3) is 0 Å². The van der Waals surface area contributed by atoms with Crippen LogP contribution in [0.2, 0.25) is 0 Å². The van der Waals surface area contributed by atoms with Gasteiger partial charge in [0.05, 0.1) is 6.42 Å². The predicted molar refractivity (Wildman–Crippen MR) is 75.1 cm³/mol. The summed E-state index contributed by atoms with van der Waals surface area (Å²) in [6, 6.07) is 6.27. The molecule has 0 bridgehead atoms. The number of nitrogens with one attached hydrogen (secondary N) is 1. The highest BCUT2D eigenvalue weighted by molar-refractivity contribution is 9.10. The summed E-state index contributed by atoms with van der Waals surface area (Å²) in [5, 5.41) is 12.1. The minimum atomic E-state index is -0.749. The lowest BCUT2D eigenvalue weighted by Gasteiger charge is -2.35. The summed E-state index contributed by atoms with van der Waals surface area (Å²) in [4.78, 5) is 13.0. The van der Waals surface area contributed by atoms with Crippen LogP contribution in [0.3, 0.4) is 0 Å². The molecule has 1 heterocycles. The average Bonchev–Trinajstić information content (AvgIpc) is 2.32. The van der Waals surface area contributed by atoms with Gasteiger partial charge in [-0.3, -0.25) is 4.79 Å². The highest BCUT2D eigenvalue weighted by Crippen LogP contribution is 2.23. The molecular weight excluding hydrogens is 296 g/mol. The fourth-order valence-corrected chi connectivity index (χ4v) is 2.48. The number of benzene rings is 1. The van der Waals surface area contributed by atoms with Crippen molar-refractivity contribution < 1.29 is 9.90 Å². The van der Waals surface area contributed by atoms with E-state index in [1.165, 1.54) is 5.56 Å². The Morgan fingerprint density at radius 3 is 3.06 bits per heavy atom. The Bertz CT molecular complexity index is 451. The van der Waals surface area contributed by atoms with Crippen molar-refractivity contribution in [2.75, 3.05) is 24.5 Å². The summed E-state index contributed by atoms with van der Waals surface area (Å²) in [6.07, 6.45) is 0.173. The Morgan fingerprint density at radius 2 is 2.39 bits per heavy atom. The highest BCUT2D eigenvalue weighted by Gasteiger charge is 2.21. The van der Waals surface area contributed by atoms with Gasteiger partial charge in [-0.2, -0.15) is 0 Å². The minimum Gasteiger partial charge on any atom is -0.481 e. The van der Waals surface area contributed by atoms with Gasteiger partial charge in [0.1, 0.15) is 0 Å². The summed E-state index contributed by atoms with van der Waals surface area (Å²) >= 11 is 3.49. The summed E-state index contributed by atoms with van der Waals surface area (Å²) in [6.45, 7) is 4.54. The zero-order valence-corrected chi connectivity index (χ0v) is 11.9. The number of piperazine rings is 1. The second kappa shape index (κ2) is 5.71. The topological polar surface area (TPSA) is 52.6 Å². The van der Waals surface area contributed by atoms with E-state index in [4.69, 9.17) is 5.11 Å². The van der Waals surface area contributed by atoms with Crippen molar-refractivity contribution in [2.24, 2.45) is 0 Å². The number of carboxylic acid groups (broad SMARTS) is 1. The van der Waals surface area contributed by atoms with E-state index >= 15 is 0 Å².